The summed E-state index contributed by atoms with van der Waals surface area (Å²) in [4.78, 5) is 19.8. The van der Waals surface area contributed by atoms with Crippen LogP contribution in [0, 0.1) is 6.92 Å². The highest BCUT2D eigenvalue weighted by molar-refractivity contribution is 5.92. The summed E-state index contributed by atoms with van der Waals surface area (Å²) in [5.74, 6) is -0.172. The second-order valence-corrected chi connectivity index (χ2v) is 4.23. The Morgan fingerprint density at radius 1 is 1.40 bits per heavy atom. The Balaban J connectivity index is 2.74. The summed E-state index contributed by atoms with van der Waals surface area (Å²) in [6.45, 7) is 7.82. The molecule has 0 radical (unpaired) electrons. The Hall–Kier alpha value is -1.45. The summed E-state index contributed by atoms with van der Waals surface area (Å²) >= 11 is 0. The number of aryl methyl sites for hydroxylation is 1. The van der Waals surface area contributed by atoms with Crippen molar-refractivity contribution in [3.05, 3.63) is 23.8 Å². The number of nitrogens with zero attached hydrogens (tertiary/aromatic N) is 2. The lowest BCUT2D eigenvalue weighted by molar-refractivity contribution is 0.0905. The van der Waals surface area contributed by atoms with Crippen LogP contribution in [-0.4, -0.2) is 21.4 Å². The third kappa shape index (κ3) is 3.31. The van der Waals surface area contributed by atoms with Crippen molar-refractivity contribution >= 4 is 5.91 Å². The number of carbonyl (C=O) groups excluding carboxylic acids is 1. The molecule has 1 amide bonds. The number of hydrogen-bond donors (Lipinski definition) is 1. The van der Waals surface area contributed by atoms with Crippen molar-refractivity contribution in [1.29, 1.82) is 0 Å². The minimum absolute atomic E-state index is 0.172. The van der Waals surface area contributed by atoms with Gasteiger partial charge in [0, 0.05) is 11.7 Å². The van der Waals surface area contributed by atoms with Crippen molar-refractivity contribution in [2.24, 2.45) is 0 Å². The number of rotatable bonds is 3. The van der Waals surface area contributed by atoms with Crippen molar-refractivity contribution in [2.45, 2.75) is 39.7 Å². The third-order valence-electron chi connectivity index (χ3n) is 2.35. The average molecular weight is 207 g/mol. The van der Waals surface area contributed by atoms with E-state index in [2.05, 4.69) is 15.3 Å². The summed E-state index contributed by atoms with van der Waals surface area (Å²) in [5, 5.41) is 2.90. The molecule has 82 valence electrons. The van der Waals surface area contributed by atoms with Crippen LogP contribution >= 0.6 is 0 Å². The van der Waals surface area contributed by atoms with Crippen LogP contribution in [0.3, 0.4) is 0 Å². The van der Waals surface area contributed by atoms with Crippen molar-refractivity contribution in [3.63, 3.8) is 0 Å². The van der Waals surface area contributed by atoms with Gasteiger partial charge < -0.3 is 5.32 Å². The highest BCUT2D eigenvalue weighted by Crippen LogP contribution is 2.08. The number of carbonyl (C=O) groups is 1. The average Bonchev–Trinajstić information content (AvgIpc) is 2.18. The van der Waals surface area contributed by atoms with Crippen LogP contribution in [0.1, 0.15) is 43.4 Å². The fourth-order valence-corrected chi connectivity index (χ4v) is 0.970. The molecule has 0 aromatic carbocycles. The van der Waals surface area contributed by atoms with Gasteiger partial charge in [-0.15, -0.1) is 0 Å². The second-order valence-electron chi connectivity index (χ2n) is 4.23. The molecular weight excluding hydrogens is 190 g/mol. The first-order chi connectivity index (χ1) is 6.94. The van der Waals surface area contributed by atoms with Gasteiger partial charge >= 0.3 is 0 Å². The lowest BCUT2D eigenvalue weighted by Gasteiger charge is -2.23. The molecule has 1 rings (SSSR count). The first-order valence-corrected chi connectivity index (χ1v) is 5.06. The SMILES string of the molecule is CCC(C)(C)NC(=O)c1cnc(C)cn1. The van der Waals surface area contributed by atoms with Crippen molar-refractivity contribution in [1.82, 2.24) is 15.3 Å². The lowest BCUT2D eigenvalue weighted by atomic mass is 10.0. The number of nitrogens with one attached hydrogen (secondary N) is 1. The minimum Gasteiger partial charge on any atom is -0.346 e. The zero-order valence-electron chi connectivity index (χ0n) is 9.66. The zero-order chi connectivity index (χ0) is 11.5. The molecule has 0 aliphatic carbocycles. The molecule has 0 unspecified atom stereocenters. The molecule has 0 fully saturated rings. The van der Waals surface area contributed by atoms with Crippen LogP contribution < -0.4 is 5.32 Å². The van der Waals surface area contributed by atoms with E-state index in [0.717, 1.165) is 12.1 Å². The van der Waals surface area contributed by atoms with Crippen molar-refractivity contribution in [2.75, 3.05) is 0 Å². The van der Waals surface area contributed by atoms with Gasteiger partial charge in [0.25, 0.3) is 5.91 Å². The van der Waals surface area contributed by atoms with E-state index >= 15 is 0 Å². The Morgan fingerprint density at radius 2 is 2.07 bits per heavy atom. The molecule has 0 saturated carbocycles. The van der Waals surface area contributed by atoms with Crippen LogP contribution in [0.25, 0.3) is 0 Å². The molecule has 1 N–H and O–H groups in total. The Labute approximate surface area is 90.1 Å². The maximum Gasteiger partial charge on any atom is 0.271 e. The van der Waals surface area contributed by atoms with E-state index < -0.39 is 0 Å². The first-order valence-electron chi connectivity index (χ1n) is 5.06. The molecule has 0 spiro atoms. The third-order valence-corrected chi connectivity index (χ3v) is 2.35. The van der Waals surface area contributed by atoms with Crippen LogP contribution in [0.5, 0.6) is 0 Å². The van der Waals surface area contributed by atoms with E-state index in [1.807, 2.05) is 27.7 Å². The molecule has 1 heterocycles. The van der Waals surface area contributed by atoms with Crippen LogP contribution in [0.4, 0.5) is 0 Å². The molecule has 0 bridgehead atoms. The molecule has 0 saturated heterocycles. The van der Waals surface area contributed by atoms with Gasteiger partial charge in [0.15, 0.2) is 0 Å². The number of hydrogen-bond acceptors (Lipinski definition) is 3. The van der Waals surface area contributed by atoms with Crippen LogP contribution in [0.2, 0.25) is 0 Å². The maximum absolute atomic E-state index is 11.7. The fourth-order valence-electron chi connectivity index (χ4n) is 0.970. The minimum atomic E-state index is -0.205. The van der Waals surface area contributed by atoms with Gasteiger partial charge in [0.2, 0.25) is 0 Å². The summed E-state index contributed by atoms with van der Waals surface area (Å²) in [6.07, 6.45) is 3.96. The first kappa shape index (κ1) is 11.6. The molecule has 0 aliphatic rings. The van der Waals surface area contributed by atoms with Gasteiger partial charge in [-0.3, -0.25) is 9.78 Å². The summed E-state index contributed by atoms with van der Waals surface area (Å²) in [6, 6.07) is 0. The van der Waals surface area contributed by atoms with Gasteiger partial charge in [-0.1, -0.05) is 6.92 Å². The van der Waals surface area contributed by atoms with E-state index in [4.69, 9.17) is 0 Å². The molecule has 0 atom stereocenters. The van der Waals surface area contributed by atoms with Crippen molar-refractivity contribution < 1.29 is 4.79 Å². The molecule has 1 aromatic heterocycles. The largest absolute Gasteiger partial charge is 0.346 e. The number of amides is 1. The van der Waals surface area contributed by atoms with E-state index in [1.54, 1.807) is 6.20 Å². The van der Waals surface area contributed by atoms with Gasteiger partial charge in [0.05, 0.1) is 11.9 Å². The van der Waals surface area contributed by atoms with Gasteiger partial charge in [-0.2, -0.15) is 0 Å². The normalized spacial score (nSPS) is 11.2. The number of aromatic nitrogens is 2. The Kier molecular flexibility index (Phi) is 3.39. The van der Waals surface area contributed by atoms with Crippen LogP contribution in [-0.2, 0) is 0 Å². The van der Waals surface area contributed by atoms with E-state index in [0.29, 0.717) is 5.69 Å². The molecular formula is C11H17N3O. The van der Waals surface area contributed by atoms with Gasteiger partial charge in [0.1, 0.15) is 5.69 Å². The van der Waals surface area contributed by atoms with Crippen LogP contribution in [0.15, 0.2) is 12.4 Å². The summed E-state index contributed by atoms with van der Waals surface area (Å²) in [5.41, 5.74) is 0.965. The predicted molar refractivity (Wildman–Crippen MR) is 58.6 cm³/mol. The lowest BCUT2D eigenvalue weighted by Crippen LogP contribution is -2.43. The van der Waals surface area contributed by atoms with Gasteiger partial charge in [-0.05, 0) is 27.2 Å². The summed E-state index contributed by atoms with van der Waals surface area (Å²) < 4.78 is 0. The van der Waals surface area contributed by atoms with Crippen molar-refractivity contribution in [3.8, 4) is 0 Å². The molecule has 4 heteroatoms. The van der Waals surface area contributed by atoms with Gasteiger partial charge in [-0.25, -0.2) is 4.98 Å². The van der Waals surface area contributed by atoms with E-state index in [1.165, 1.54) is 6.20 Å². The predicted octanol–water partition coefficient (Wildman–Crippen LogP) is 1.70. The monoisotopic (exact) mass is 207 g/mol. The molecule has 15 heavy (non-hydrogen) atoms. The van der Waals surface area contributed by atoms with E-state index in [-0.39, 0.29) is 11.4 Å². The Morgan fingerprint density at radius 3 is 2.53 bits per heavy atom. The molecule has 0 aliphatic heterocycles. The topological polar surface area (TPSA) is 54.9 Å². The quantitative estimate of drug-likeness (QED) is 0.820. The fraction of sp³-hybridized carbons (Fsp3) is 0.545. The summed E-state index contributed by atoms with van der Waals surface area (Å²) in [7, 11) is 0. The molecule has 4 nitrogen and oxygen atoms in total. The second kappa shape index (κ2) is 4.38. The Bertz CT molecular complexity index is 343. The van der Waals surface area contributed by atoms with E-state index in [9.17, 15) is 4.79 Å². The zero-order valence-corrected chi connectivity index (χ0v) is 9.66. The molecule has 1 aromatic rings. The maximum atomic E-state index is 11.7. The standard InChI is InChI=1S/C11H17N3O/c1-5-11(3,4)14-10(15)9-7-12-8(2)6-13-9/h6-7H,5H2,1-4H3,(H,14,15). The smallest absolute Gasteiger partial charge is 0.271 e. The highest BCUT2D eigenvalue weighted by atomic mass is 16.2. The highest BCUT2D eigenvalue weighted by Gasteiger charge is 2.19.